The summed E-state index contributed by atoms with van der Waals surface area (Å²) in [5.74, 6) is 1.67. The number of hydrogen-bond donors (Lipinski definition) is 4. The van der Waals surface area contributed by atoms with Crippen LogP contribution in [0.4, 0.5) is 17.3 Å². The molecule has 8 heteroatoms. The minimum atomic E-state index is -0.519. The summed E-state index contributed by atoms with van der Waals surface area (Å²) < 4.78 is 2.06. The summed E-state index contributed by atoms with van der Waals surface area (Å²) >= 11 is 0. The van der Waals surface area contributed by atoms with Gasteiger partial charge in [-0.2, -0.15) is 4.98 Å². The summed E-state index contributed by atoms with van der Waals surface area (Å²) in [5.41, 5.74) is 9.26. The lowest BCUT2D eigenvalue weighted by atomic mass is 10.2. The number of rotatable bonds is 7. The first-order valence-electron chi connectivity index (χ1n) is 9.82. The summed E-state index contributed by atoms with van der Waals surface area (Å²) in [7, 11) is 0. The van der Waals surface area contributed by atoms with Gasteiger partial charge in [0.05, 0.1) is 12.6 Å². The van der Waals surface area contributed by atoms with Gasteiger partial charge in [-0.1, -0.05) is 30.3 Å². The van der Waals surface area contributed by atoms with Crippen LogP contribution >= 0.6 is 0 Å². The Morgan fingerprint density at radius 1 is 1.11 bits per heavy atom. The number of aliphatic hydroxyl groups excluding tert-OH is 1. The summed E-state index contributed by atoms with van der Waals surface area (Å²) in [5, 5.41) is 15.2. The van der Waals surface area contributed by atoms with Gasteiger partial charge in [0.1, 0.15) is 5.69 Å². The number of nitrogens with one attached hydrogen (secondary N) is 3. The monoisotopic (exact) mass is 385 g/mol. The van der Waals surface area contributed by atoms with Crippen LogP contribution in [0.25, 0.3) is 0 Å². The molecule has 1 aliphatic heterocycles. The fraction of sp³-hybridized carbons (Fsp3) is 0.500. The molecule has 0 aliphatic carbocycles. The molecule has 8 nitrogen and oxygen atoms in total. The zero-order valence-electron chi connectivity index (χ0n) is 17.3. The van der Waals surface area contributed by atoms with E-state index in [0.717, 1.165) is 17.3 Å². The average Bonchev–Trinajstić information content (AvgIpc) is 3.10. The molecule has 1 aromatic heterocycles. The zero-order chi connectivity index (χ0) is 20.3. The molecule has 0 saturated carbocycles. The van der Waals surface area contributed by atoms with Gasteiger partial charge in [-0.15, -0.1) is 5.53 Å². The van der Waals surface area contributed by atoms with E-state index in [1.165, 1.54) is 5.56 Å². The van der Waals surface area contributed by atoms with Crippen molar-refractivity contribution >= 4 is 17.3 Å². The van der Waals surface area contributed by atoms with Crippen molar-refractivity contribution in [2.24, 2.45) is 4.99 Å². The van der Waals surface area contributed by atoms with Crippen molar-refractivity contribution < 1.29 is 5.11 Å². The van der Waals surface area contributed by atoms with Crippen molar-refractivity contribution in [2.75, 3.05) is 22.3 Å². The number of hydrazine groups is 2. The van der Waals surface area contributed by atoms with Gasteiger partial charge < -0.3 is 10.4 Å². The largest absolute Gasteiger partial charge is 0.391 e. The van der Waals surface area contributed by atoms with Crippen LogP contribution in [0, 0.1) is 0 Å². The van der Waals surface area contributed by atoms with Crippen LogP contribution in [0.2, 0.25) is 0 Å². The van der Waals surface area contributed by atoms with Crippen molar-refractivity contribution in [1.82, 2.24) is 15.1 Å². The maximum atomic E-state index is 9.69. The molecule has 2 aromatic rings. The zero-order valence-corrected chi connectivity index (χ0v) is 17.3. The summed E-state index contributed by atoms with van der Waals surface area (Å²) in [6.45, 7) is 11.1. The van der Waals surface area contributed by atoms with Crippen LogP contribution in [0.1, 0.15) is 46.2 Å². The molecular weight excluding hydrogens is 354 g/mol. The average molecular weight is 386 g/mol. The lowest BCUT2D eigenvalue weighted by Crippen LogP contribution is -2.41. The predicted molar refractivity (Wildman–Crippen MR) is 113 cm³/mol. The van der Waals surface area contributed by atoms with Gasteiger partial charge in [0.25, 0.3) is 0 Å². The van der Waals surface area contributed by atoms with Gasteiger partial charge in [0.2, 0.25) is 5.62 Å². The maximum Gasteiger partial charge on any atom is 0.228 e. The first-order chi connectivity index (χ1) is 13.4. The Morgan fingerprint density at radius 2 is 1.82 bits per heavy atom. The quantitative estimate of drug-likeness (QED) is 0.585. The Balaban J connectivity index is 2.09. The summed E-state index contributed by atoms with van der Waals surface area (Å²) in [6, 6.07) is 10.6. The van der Waals surface area contributed by atoms with Crippen molar-refractivity contribution in [3.8, 4) is 0 Å². The maximum absolute atomic E-state index is 9.69. The van der Waals surface area contributed by atoms with Crippen molar-refractivity contribution in [1.29, 1.82) is 0 Å². The Morgan fingerprint density at radius 3 is 2.43 bits per heavy atom. The lowest BCUT2D eigenvalue weighted by Gasteiger charge is -2.25. The Hall–Kier alpha value is -2.58. The third kappa shape index (κ3) is 4.28. The predicted octanol–water partition coefficient (Wildman–Crippen LogP) is 2.42. The van der Waals surface area contributed by atoms with Crippen LogP contribution in [-0.4, -0.2) is 33.3 Å². The van der Waals surface area contributed by atoms with Gasteiger partial charge in [-0.05, 0) is 40.2 Å². The second-order valence-corrected chi connectivity index (χ2v) is 7.65. The third-order valence-corrected chi connectivity index (χ3v) is 4.48. The molecule has 0 saturated heterocycles. The number of fused-ring (bicyclic) bond motifs is 1. The molecule has 1 unspecified atom stereocenters. The molecule has 152 valence electrons. The molecule has 1 aromatic carbocycles. The fourth-order valence-electron chi connectivity index (χ4n) is 3.16. The normalized spacial score (nSPS) is 15.1. The van der Waals surface area contributed by atoms with Crippen LogP contribution < -0.4 is 26.9 Å². The minimum Gasteiger partial charge on any atom is -0.391 e. The second kappa shape index (κ2) is 8.62. The molecule has 0 amide bonds. The van der Waals surface area contributed by atoms with E-state index >= 15 is 0 Å². The highest BCUT2D eigenvalue weighted by molar-refractivity contribution is 5.81. The van der Waals surface area contributed by atoms with E-state index in [4.69, 9.17) is 4.98 Å². The van der Waals surface area contributed by atoms with Crippen molar-refractivity contribution in [3.05, 3.63) is 41.5 Å². The molecule has 0 spiro atoms. The highest BCUT2D eigenvalue weighted by atomic mass is 16.3. The van der Waals surface area contributed by atoms with E-state index in [0.29, 0.717) is 18.7 Å². The van der Waals surface area contributed by atoms with Crippen molar-refractivity contribution in [2.45, 2.75) is 59.4 Å². The molecule has 1 atom stereocenters. The fourth-order valence-corrected chi connectivity index (χ4v) is 3.16. The number of aliphatic hydroxyl groups is 1. The Labute approximate surface area is 166 Å². The van der Waals surface area contributed by atoms with Crippen LogP contribution in [0.5, 0.6) is 0 Å². The highest BCUT2D eigenvalue weighted by Gasteiger charge is 2.29. The molecule has 3 rings (SSSR count). The van der Waals surface area contributed by atoms with Crippen LogP contribution in [0.15, 0.2) is 35.3 Å². The molecule has 28 heavy (non-hydrogen) atoms. The van der Waals surface area contributed by atoms with E-state index in [1.807, 2.05) is 18.2 Å². The molecule has 1 aliphatic rings. The molecule has 4 N–H and O–H groups in total. The van der Waals surface area contributed by atoms with E-state index < -0.39 is 6.10 Å². The standard InChI is InChI=1S/C20H31N7O/c1-13(2)26-19-17(27(14(3)4)25-24-19)18(23-20(26)22-11-15(5)28)21-12-16-9-7-6-8-10-16/h6-10,13-15,24-25,28H,11-12H2,1-5H3,(H,21,22,23). The second-order valence-electron chi connectivity index (χ2n) is 7.65. The van der Waals surface area contributed by atoms with Crippen molar-refractivity contribution in [3.63, 3.8) is 0 Å². The van der Waals surface area contributed by atoms with Gasteiger partial charge in [-0.3, -0.25) is 15.0 Å². The molecular formula is C20H31N7O. The van der Waals surface area contributed by atoms with E-state index in [9.17, 15) is 5.11 Å². The number of nitrogens with zero attached hydrogens (tertiary/aromatic N) is 4. The van der Waals surface area contributed by atoms with Crippen LogP contribution in [0.3, 0.4) is 0 Å². The third-order valence-electron chi connectivity index (χ3n) is 4.48. The SMILES string of the molecule is CC(O)CN=c1nc(NCc2ccccc2)c2c(n1C(C)C)NNN2C(C)C. The lowest BCUT2D eigenvalue weighted by molar-refractivity contribution is 0.202. The number of benzene rings is 1. The summed E-state index contributed by atoms with van der Waals surface area (Å²) in [4.78, 5) is 9.40. The van der Waals surface area contributed by atoms with Gasteiger partial charge in [0.15, 0.2) is 11.6 Å². The highest BCUT2D eigenvalue weighted by Crippen LogP contribution is 2.36. The number of hydrogen-bond acceptors (Lipinski definition) is 7. The van der Waals surface area contributed by atoms with Gasteiger partial charge in [0, 0.05) is 18.6 Å². The molecule has 0 fully saturated rings. The smallest absolute Gasteiger partial charge is 0.228 e. The first kappa shape index (κ1) is 20.2. The summed E-state index contributed by atoms with van der Waals surface area (Å²) in [6.07, 6.45) is -0.519. The number of aromatic nitrogens is 2. The first-order valence-corrected chi connectivity index (χ1v) is 9.82. The van der Waals surface area contributed by atoms with E-state index in [2.05, 4.69) is 70.7 Å². The molecule has 0 radical (unpaired) electrons. The van der Waals surface area contributed by atoms with E-state index in [-0.39, 0.29) is 12.1 Å². The van der Waals surface area contributed by atoms with Gasteiger partial charge in [-0.25, -0.2) is 4.99 Å². The Bertz CT molecular complexity index is 859. The minimum absolute atomic E-state index is 0.151. The van der Waals surface area contributed by atoms with Gasteiger partial charge >= 0.3 is 0 Å². The van der Waals surface area contributed by atoms with Crippen LogP contribution in [-0.2, 0) is 6.54 Å². The topological polar surface area (TPSA) is 89.7 Å². The van der Waals surface area contributed by atoms with E-state index in [1.54, 1.807) is 6.92 Å². The molecule has 0 bridgehead atoms. The number of anilines is 3. The Kier molecular flexibility index (Phi) is 6.21. The molecule has 2 heterocycles.